The fourth-order valence-corrected chi connectivity index (χ4v) is 3.93. The molecule has 31 heavy (non-hydrogen) atoms. The molecule has 0 radical (unpaired) electrons. The highest BCUT2D eigenvalue weighted by molar-refractivity contribution is 5.91. The molecule has 4 rings (SSSR count). The lowest BCUT2D eigenvalue weighted by atomic mass is 9.86. The number of benzene rings is 3. The van der Waals surface area contributed by atoms with Crippen molar-refractivity contribution in [1.29, 1.82) is 0 Å². The van der Waals surface area contributed by atoms with Crippen LogP contribution >= 0.6 is 0 Å². The topological polar surface area (TPSA) is 64.8 Å². The van der Waals surface area contributed by atoms with Crippen LogP contribution in [0.4, 0.5) is 0 Å². The Labute approximate surface area is 182 Å². The number of rotatable bonds is 7. The first-order valence-corrected chi connectivity index (χ1v) is 10.2. The molecule has 2 unspecified atom stereocenters. The maximum absolute atomic E-state index is 12.9. The summed E-state index contributed by atoms with van der Waals surface area (Å²) in [5, 5.41) is 0. The van der Waals surface area contributed by atoms with E-state index in [1.807, 2.05) is 95.9 Å². The highest BCUT2D eigenvalue weighted by Gasteiger charge is 2.47. The SMILES string of the molecule is COc1ccc(C(c2ccc(OC)cc2)N2C(=O)C(N)C2/C=C/c2ccccc2)cc1. The largest absolute Gasteiger partial charge is 0.497 e. The average molecular weight is 415 g/mol. The maximum atomic E-state index is 12.9. The fourth-order valence-electron chi connectivity index (χ4n) is 3.93. The van der Waals surface area contributed by atoms with E-state index in [-0.39, 0.29) is 18.0 Å². The van der Waals surface area contributed by atoms with Gasteiger partial charge < -0.3 is 20.1 Å². The van der Waals surface area contributed by atoms with Crippen molar-refractivity contribution in [2.75, 3.05) is 14.2 Å². The number of β-lactam (4-membered cyclic amide) rings is 1. The monoisotopic (exact) mass is 414 g/mol. The molecule has 158 valence electrons. The quantitative estimate of drug-likeness (QED) is 0.593. The minimum Gasteiger partial charge on any atom is -0.497 e. The van der Waals surface area contributed by atoms with Crippen molar-refractivity contribution in [3.63, 3.8) is 0 Å². The third-order valence-corrected chi connectivity index (χ3v) is 5.66. The van der Waals surface area contributed by atoms with Gasteiger partial charge in [0.2, 0.25) is 5.91 Å². The average Bonchev–Trinajstić information content (AvgIpc) is 2.84. The van der Waals surface area contributed by atoms with Gasteiger partial charge in [-0.2, -0.15) is 0 Å². The molecule has 1 fully saturated rings. The zero-order chi connectivity index (χ0) is 21.8. The van der Waals surface area contributed by atoms with Gasteiger partial charge in [-0.3, -0.25) is 4.79 Å². The van der Waals surface area contributed by atoms with Crippen molar-refractivity contribution in [3.8, 4) is 11.5 Å². The van der Waals surface area contributed by atoms with Crippen molar-refractivity contribution >= 4 is 12.0 Å². The molecule has 5 heteroatoms. The van der Waals surface area contributed by atoms with Gasteiger partial charge in [0.05, 0.1) is 26.3 Å². The lowest BCUT2D eigenvalue weighted by molar-refractivity contribution is -0.149. The van der Waals surface area contributed by atoms with E-state index in [0.717, 1.165) is 28.2 Å². The summed E-state index contributed by atoms with van der Waals surface area (Å²) in [6, 6.07) is 24.6. The van der Waals surface area contributed by atoms with E-state index in [4.69, 9.17) is 15.2 Å². The zero-order valence-corrected chi connectivity index (χ0v) is 17.6. The molecule has 5 nitrogen and oxygen atoms in total. The standard InChI is InChI=1S/C26H26N2O3/c1-30-21-13-9-19(10-14-21)25(20-11-15-22(31-2)16-12-20)28-23(24(27)26(28)29)17-8-18-6-4-3-5-7-18/h3-17,23-25H,27H2,1-2H3/b17-8+. The molecule has 3 aromatic rings. The first-order chi connectivity index (χ1) is 15.1. The van der Waals surface area contributed by atoms with Crippen molar-refractivity contribution < 1.29 is 14.3 Å². The van der Waals surface area contributed by atoms with Gasteiger partial charge >= 0.3 is 0 Å². The number of carbonyl (C=O) groups excluding carboxylic acids is 1. The number of nitrogens with zero attached hydrogens (tertiary/aromatic N) is 1. The van der Waals surface area contributed by atoms with Gasteiger partial charge in [-0.15, -0.1) is 0 Å². The summed E-state index contributed by atoms with van der Waals surface area (Å²) >= 11 is 0. The summed E-state index contributed by atoms with van der Waals surface area (Å²) in [6.45, 7) is 0. The van der Waals surface area contributed by atoms with Crippen molar-refractivity contribution in [1.82, 2.24) is 4.90 Å². The van der Waals surface area contributed by atoms with E-state index in [1.54, 1.807) is 14.2 Å². The van der Waals surface area contributed by atoms with E-state index in [0.29, 0.717) is 0 Å². The minimum absolute atomic E-state index is 0.0700. The first-order valence-electron chi connectivity index (χ1n) is 10.2. The van der Waals surface area contributed by atoms with Crippen LogP contribution in [0, 0.1) is 0 Å². The summed E-state index contributed by atoms with van der Waals surface area (Å²) in [5.74, 6) is 1.47. The van der Waals surface area contributed by atoms with Crippen LogP contribution in [0.5, 0.6) is 11.5 Å². The number of carbonyl (C=O) groups is 1. The Balaban J connectivity index is 1.71. The molecule has 1 aliphatic rings. The molecule has 1 aliphatic heterocycles. The Bertz CT molecular complexity index is 999. The summed E-state index contributed by atoms with van der Waals surface area (Å²) in [4.78, 5) is 14.8. The second-order valence-electron chi connectivity index (χ2n) is 7.48. The van der Waals surface area contributed by atoms with Crippen LogP contribution in [-0.4, -0.2) is 37.1 Å². The highest BCUT2D eigenvalue weighted by atomic mass is 16.5. The normalized spacial score (nSPS) is 18.3. The summed E-state index contributed by atoms with van der Waals surface area (Å²) < 4.78 is 10.6. The van der Waals surface area contributed by atoms with Crippen LogP contribution in [0.1, 0.15) is 22.7 Å². The predicted molar refractivity (Wildman–Crippen MR) is 122 cm³/mol. The summed E-state index contributed by atoms with van der Waals surface area (Å²) in [6.07, 6.45) is 4.03. The lowest BCUT2D eigenvalue weighted by Gasteiger charge is -2.49. The van der Waals surface area contributed by atoms with E-state index in [2.05, 4.69) is 0 Å². The number of methoxy groups -OCH3 is 2. The Morgan fingerprint density at radius 2 is 1.35 bits per heavy atom. The van der Waals surface area contributed by atoms with Crippen LogP contribution in [0.3, 0.4) is 0 Å². The molecule has 0 aliphatic carbocycles. The third kappa shape index (κ3) is 4.18. The molecular weight excluding hydrogens is 388 g/mol. The minimum atomic E-state index is -0.557. The number of likely N-dealkylation sites (tertiary alicyclic amines) is 1. The second kappa shape index (κ2) is 9.06. The van der Waals surface area contributed by atoms with Crippen LogP contribution in [0.15, 0.2) is 84.9 Å². The van der Waals surface area contributed by atoms with E-state index in [9.17, 15) is 4.79 Å². The van der Waals surface area contributed by atoms with Gasteiger partial charge in [-0.25, -0.2) is 0 Å². The van der Waals surface area contributed by atoms with Crippen LogP contribution < -0.4 is 15.2 Å². The van der Waals surface area contributed by atoms with E-state index in [1.165, 1.54) is 0 Å². The fraction of sp³-hybridized carbons (Fsp3) is 0.192. The van der Waals surface area contributed by atoms with Crippen LogP contribution in [0.25, 0.3) is 6.08 Å². The molecule has 0 bridgehead atoms. The third-order valence-electron chi connectivity index (χ3n) is 5.66. The number of ether oxygens (including phenoxy) is 2. The van der Waals surface area contributed by atoms with Gasteiger partial charge in [-0.05, 0) is 41.0 Å². The number of amides is 1. The zero-order valence-electron chi connectivity index (χ0n) is 17.6. The molecule has 2 N–H and O–H groups in total. The molecule has 3 aromatic carbocycles. The molecule has 0 saturated carbocycles. The molecule has 1 saturated heterocycles. The van der Waals surface area contributed by atoms with Crippen molar-refractivity contribution in [2.24, 2.45) is 5.73 Å². The number of hydrogen-bond donors (Lipinski definition) is 1. The molecular formula is C26H26N2O3. The van der Waals surface area contributed by atoms with Gasteiger partial charge in [-0.1, -0.05) is 66.7 Å². The Kier molecular flexibility index (Phi) is 6.05. The molecule has 2 atom stereocenters. The number of hydrogen-bond acceptors (Lipinski definition) is 4. The predicted octanol–water partition coefficient (Wildman–Crippen LogP) is 4.04. The van der Waals surface area contributed by atoms with Gasteiger partial charge in [0.1, 0.15) is 17.5 Å². The van der Waals surface area contributed by atoms with Crippen molar-refractivity contribution in [2.45, 2.75) is 18.1 Å². The summed E-state index contributed by atoms with van der Waals surface area (Å²) in [7, 11) is 3.27. The molecule has 0 aromatic heterocycles. The second-order valence-corrected chi connectivity index (χ2v) is 7.48. The van der Waals surface area contributed by atoms with Crippen molar-refractivity contribution in [3.05, 3.63) is 102 Å². The molecule has 1 heterocycles. The van der Waals surface area contributed by atoms with Gasteiger partial charge in [0, 0.05) is 0 Å². The Morgan fingerprint density at radius 1 is 0.839 bits per heavy atom. The van der Waals surface area contributed by atoms with E-state index >= 15 is 0 Å². The maximum Gasteiger partial charge on any atom is 0.243 e. The van der Waals surface area contributed by atoms with Crippen LogP contribution in [0.2, 0.25) is 0 Å². The van der Waals surface area contributed by atoms with Gasteiger partial charge in [0.25, 0.3) is 0 Å². The highest BCUT2D eigenvalue weighted by Crippen LogP contribution is 2.38. The van der Waals surface area contributed by atoms with E-state index < -0.39 is 6.04 Å². The van der Waals surface area contributed by atoms with Crippen LogP contribution in [-0.2, 0) is 4.79 Å². The Morgan fingerprint density at radius 3 is 1.84 bits per heavy atom. The molecule has 1 amide bonds. The van der Waals surface area contributed by atoms with Gasteiger partial charge in [0.15, 0.2) is 0 Å². The first kappa shape index (κ1) is 20.7. The lowest BCUT2D eigenvalue weighted by Crippen LogP contribution is -2.68. The molecule has 0 spiro atoms. The summed E-state index contributed by atoms with van der Waals surface area (Å²) in [5.41, 5.74) is 9.27. The number of nitrogens with two attached hydrogens (primary N) is 1. The Hall–Kier alpha value is -3.57. The smallest absolute Gasteiger partial charge is 0.243 e.